The molecule has 1 saturated carbocycles. The Morgan fingerprint density at radius 1 is 1.25 bits per heavy atom. The minimum absolute atomic E-state index is 0.0169. The average molecular weight is 277 g/mol. The van der Waals surface area contributed by atoms with E-state index in [4.69, 9.17) is 0 Å². The van der Waals surface area contributed by atoms with Crippen LogP contribution in [-0.4, -0.2) is 15.6 Å². The fraction of sp³-hybridized carbons (Fsp3) is 0.750. The van der Waals surface area contributed by atoms with Crippen molar-refractivity contribution in [2.75, 3.05) is 5.32 Å². The molecule has 0 aliphatic heterocycles. The number of nitrogens with one attached hydrogen (secondary N) is 1. The molecule has 1 aliphatic rings. The largest absolute Gasteiger partial charge is 0.363 e. The topological polar surface area (TPSA) is 46.9 Å². The second-order valence-corrected chi connectivity index (χ2v) is 6.31. The van der Waals surface area contributed by atoms with E-state index in [1.165, 1.54) is 32.1 Å². The van der Waals surface area contributed by atoms with E-state index in [0.717, 1.165) is 19.4 Å². The molecule has 1 N–H and O–H groups in total. The van der Waals surface area contributed by atoms with Gasteiger partial charge in [-0.3, -0.25) is 4.79 Å². The fourth-order valence-electron chi connectivity index (χ4n) is 2.88. The quantitative estimate of drug-likeness (QED) is 0.917. The van der Waals surface area contributed by atoms with E-state index < -0.39 is 0 Å². The standard InChI is InChI=1S/C16H27N3O/c1-13(2)12-19-11-10-17-15(16(19)20)18-14-8-6-4-3-5-7-9-14/h10-11,13-14H,3-9,12H2,1-2H3,(H,17,18). The van der Waals surface area contributed by atoms with Crippen LogP contribution in [-0.2, 0) is 6.54 Å². The zero-order valence-electron chi connectivity index (χ0n) is 12.8. The van der Waals surface area contributed by atoms with E-state index in [9.17, 15) is 4.79 Å². The number of hydrogen-bond donors (Lipinski definition) is 1. The van der Waals surface area contributed by atoms with Gasteiger partial charge < -0.3 is 9.88 Å². The first kappa shape index (κ1) is 15.1. The Hall–Kier alpha value is -1.32. The second kappa shape index (κ2) is 7.46. The highest BCUT2D eigenvalue weighted by Crippen LogP contribution is 2.19. The Morgan fingerprint density at radius 2 is 1.90 bits per heavy atom. The summed E-state index contributed by atoms with van der Waals surface area (Å²) < 4.78 is 1.77. The van der Waals surface area contributed by atoms with Gasteiger partial charge in [0.05, 0.1) is 0 Å². The first-order chi connectivity index (χ1) is 9.66. The maximum Gasteiger partial charge on any atom is 0.293 e. The SMILES string of the molecule is CC(C)Cn1ccnc(NC2CCCCCCC2)c1=O. The number of anilines is 1. The van der Waals surface area contributed by atoms with Crippen molar-refractivity contribution in [3.63, 3.8) is 0 Å². The van der Waals surface area contributed by atoms with Crippen LogP contribution in [0.15, 0.2) is 17.2 Å². The van der Waals surface area contributed by atoms with Crippen LogP contribution in [0.4, 0.5) is 5.82 Å². The molecule has 0 spiro atoms. The van der Waals surface area contributed by atoms with Gasteiger partial charge in [-0.05, 0) is 18.8 Å². The number of aromatic nitrogens is 2. The van der Waals surface area contributed by atoms with Gasteiger partial charge in [0.15, 0.2) is 5.82 Å². The van der Waals surface area contributed by atoms with E-state index >= 15 is 0 Å². The lowest BCUT2D eigenvalue weighted by Gasteiger charge is -2.21. The van der Waals surface area contributed by atoms with Gasteiger partial charge in [0.1, 0.15) is 0 Å². The number of nitrogens with zero attached hydrogens (tertiary/aromatic N) is 2. The van der Waals surface area contributed by atoms with Crippen molar-refractivity contribution in [1.82, 2.24) is 9.55 Å². The van der Waals surface area contributed by atoms with Gasteiger partial charge in [-0.1, -0.05) is 46.0 Å². The van der Waals surface area contributed by atoms with Gasteiger partial charge in [0.2, 0.25) is 0 Å². The van der Waals surface area contributed by atoms with Crippen molar-refractivity contribution in [3.05, 3.63) is 22.7 Å². The summed E-state index contributed by atoms with van der Waals surface area (Å²) in [5, 5.41) is 3.39. The fourth-order valence-corrected chi connectivity index (χ4v) is 2.88. The van der Waals surface area contributed by atoms with Gasteiger partial charge in [0, 0.05) is 25.0 Å². The van der Waals surface area contributed by atoms with Crippen LogP contribution < -0.4 is 10.9 Å². The third-order valence-corrected chi connectivity index (χ3v) is 3.92. The third-order valence-electron chi connectivity index (χ3n) is 3.92. The van der Waals surface area contributed by atoms with Crippen molar-refractivity contribution in [3.8, 4) is 0 Å². The molecule has 0 saturated heterocycles. The van der Waals surface area contributed by atoms with Crippen molar-refractivity contribution in [2.24, 2.45) is 5.92 Å². The molecule has 1 aromatic rings. The minimum Gasteiger partial charge on any atom is -0.363 e. The molecule has 0 amide bonds. The smallest absolute Gasteiger partial charge is 0.293 e. The Balaban J connectivity index is 2.06. The molecule has 0 bridgehead atoms. The van der Waals surface area contributed by atoms with Gasteiger partial charge in [-0.25, -0.2) is 4.98 Å². The predicted octanol–water partition coefficient (Wildman–Crippen LogP) is 3.42. The van der Waals surface area contributed by atoms with Crippen LogP contribution in [0.25, 0.3) is 0 Å². The van der Waals surface area contributed by atoms with E-state index in [2.05, 4.69) is 24.1 Å². The van der Waals surface area contributed by atoms with E-state index in [1.807, 2.05) is 0 Å². The van der Waals surface area contributed by atoms with Crippen molar-refractivity contribution in [2.45, 2.75) is 71.4 Å². The molecule has 20 heavy (non-hydrogen) atoms. The molecule has 0 unspecified atom stereocenters. The molecule has 4 heteroatoms. The molecule has 1 heterocycles. The zero-order valence-corrected chi connectivity index (χ0v) is 12.8. The maximum absolute atomic E-state index is 12.4. The first-order valence-corrected chi connectivity index (χ1v) is 7.99. The summed E-state index contributed by atoms with van der Waals surface area (Å²) in [4.78, 5) is 16.6. The summed E-state index contributed by atoms with van der Waals surface area (Å²) in [5.74, 6) is 0.989. The molecule has 0 atom stereocenters. The molecule has 1 aromatic heterocycles. The summed E-state index contributed by atoms with van der Waals surface area (Å²) in [6, 6.07) is 0.408. The average Bonchev–Trinajstić information content (AvgIpc) is 2.36. The molecular formula is C16H27N3O. The Kier molecular flexibility index (Phi) is 5.62. The molecule has 0 radical (unpaired) electrons. The molecule has 1 fully saturated rings. The van der Waals surface area contributed by atoms with Crippen LogP contribution >= 0.6 is 0 Å². The molecular weight excluding hydrogens is 250 g/mol. The number of rotatable bonds is 4. The highest BCUT2D eigenvalue weighted by Gasteiger charge is 2.14. The predicted molar refractivity (Wildman–Crippen MR) is 83.1 cm³/mol. The van der Waals surface area contributed by atoms with Gasteiger partial charge in [-0.2, -0.15) is 0 Å². The molecule has 1 aliphatic carbocycles. The van der Waals surface area contributed by atoms with Crippen molar-refractivity contribution < 1.29 is 0 Å². The summed E-state index contributed by atoms with van der Waals surface area (Å²) in [6.45, 7) is 4.99. The van der Waals surface area contributed by atoms with Crippen LogP contribution in [0.2, 0.25) is 0 Å². The summed E-state index contributed by atoms with van der Waals surface area (Å²) in [6.07, 6.45) is 12.3. The van der Waals surface area contributed by atoms with E-state index in [-0.39, 0.29) is 5.56 Å². The van der Waals surface area contributed by atoms with Crippen LogP contribution in [0.3, 0.4) is 0 Å². The molecule has 112 valence electrons. The van der Waals surface area contributed by atoms with Crippen molar-refractivity contribution in [1.29, 1.82) is 0 Å². The first-order valence-electron chi connectivity index (χ1n) is 7.99. The van der Waals surface area contributed by atoms with Crippen LogP contribution in [0.5, 0.6) is 0 Å². The summed E-state index contributed by atoms with van der Waals surface area (Å²) >= 11 is 0. The van der Waals surface area contributed by atoms with Crippen molar-refractivity contribution >= 4 is 5.82 Å². The Morgan fingerprint density at radius 3 is 2.55 bits per heavy atom. The summed E-state index contributed by atoms with van der Waals surface area (Å²) in [5.41, 5.74) is 0.0169. The lowest BCUT2D eigenvalue weighted by atomic mass is 9.97. The molecule has 4 nitrogen and oxygen atoms in total. The minimum atomic E-state index is 0.0169. The van der Waals surface area contributed by atoms with Crippen LogP contribution in [0.1, 0.15) is 58.8 Å². The third kappa shape index (κ3) is 4.36. The molecule has 2 rings (SSSR count). The second-order valence-electron chi connectivity index (χ2n) is 6.31. The normalized spacial score (nSPS) is 17.8. The number of hydrogen-bond acceptors (Lipinski definition) is 3. The monoisotopic (exact) mass is 277 g/mol. The Bertz CT molecular complexity index is 459. The summed E-state index contributed by atoms with van der Waals surface area (Å²) in [7, 11) is 0. The van der Waals surface area contributed by atoms with Gasteiger partial charge in [0.25, 0.3) is 5.56 Å². The van der Waals surface area contributed by atoms with E-state index in [1.54, 1.807) is 17.0 Å². The van der Waals surface area contributed by atoms with Crippen LogP contribution in [0, 0.1) is 5.92 Å². The molecule has 0 aromatic carbocycles. The van der Waals surface area contributed by atoms with Gasteiger partial charge >= 0.3 is 0 Å². The zero-order chi connectivity index (χ0) is 14.4. The maximum atomic E-state index is 12.4. The van der Waals surface area contributed by atoms with E-state index in [0.29, 0.717) is 17.8 Å². The highest BCUT2D eigenvalue weighted by molar-refractivity contribution is 5.32. The Labute approximate surface area is 121 Å². The lowest BCUT2D eigenvalue weighted by molar-refractivity contribution is 0.468. The highest BCUT2D eigenvalue weighted by atomic mass is 16.1. The van der Waals surface area contributed by atoms with Gasteiger partial charge in [-0.15, -0.1) is 0 Å². The lowest BCUT2D eigenvalue weighted by Crippen LogP contribution is -2.30.